The monoisotopic (exact) mass is 267 g/mol. The number of rotatable bonds is 6. The van der Waals surface area contributed by atoms with Crippen molar-refractivity contribution in [3.8, 4) is 0 Å². The summed E-state index contributed by atoms with van der Waals surface area (Å²) in [4.78, 5) is 12.9. The summed E-state index contributed by atoms with van der Waals surface area (Å²) in [6.45, 7) is 9.79. The third-order valence-corrected chi connectivity index (χ3v) is 3.00. The van der Waals surface area contributed by atoms with Gasteiger partial charge in [0.1, 0.15) is 5.82 Å². The SMILES string of the molecule is CC(C)CN(Cc1ccc(C(=O)O)cc1F)C(C)C. The molecule has 19 heavy (non-hydrogen) atoms. The first kappa shape index (κ1) is 15.6. The van der Waals surface area contributed by atoms with Crippen LogP contribution in [0.4, 0.5) is 4.39 Å². The molecule has 0 saturated carbocycles. The van der Waals surface area contributed by atoms with Gasteiger partial charge in [0.15, 0.2) is 0 Å². The maximum Gasteiger partial charge on any atom is 0.335 e. The number of carbonyl (C=O) groups is 1. The molecule has 0 unspecified atom stereocenters. The molecule has 0 aromatic heterocycles. The summed E-state index contributed by atoms with van der Waals surface area (Å²) in [6, 6.07) is 4.43. The van der Waals surface area contributed by atoms with Gasteiger partial charge in [-0.25, -0.2) is 9.18 Å². The van der Waals surface area contributed by atoms with Gasteiger partial charge < -0.3 is 5.11 Å². The van der Waals surface area contributed by atoms with Crippen LogP contribution in [-0.4, -0.2) is 28.6 Å². The molecule has 0 aliphatic rings. The van der Waals surface area contributed by atoms with E-state index in [-0.39, 0.29) is 5.56 Å². The van der Waals surface area contributed by atoms with E-state index in [0.717, 1.165) is 12.6 Å². The summed E-state index contributed by atoms with van der Waals surface area (Å²) >= 11 is 0. The predicted molar refractivity (Wildman–Crippen MR) is 73.7 cm³/mol. The summed E-state index contributed by atoms with van der Waals surface area (Å²) in [5.41, 5.74) is 0.528. The Balaban J connectivity index is 2.88. The van der Waals surface area contributed by atoms with E-state index in [4.69, 9.17) is 5.11 Å². The number of halogens is 1. The van der Waals surface area contributed by atoms with Crippen molar-refractivity contribution in [2.24, 2.45) is 5.92 Å². The molecular weight excluding hydrogens is 245 g/mol. The Labute approximate surface area is 114 Å². The Morgan fingerprint density at radius 1 is 1.32 bits per heavy atom. The average Bonchev–Trinajstić information content (AvgIpc) is 2.29. The van der Waals surface area contributed by atoms with E-state index >= 15 is 0 Å². The highest BCUT2D eigenvalue weighted by Gasteiger charge is 2.15. The van der Waals surface area contributed by atoms with Crippen molar-refractivity contribution in [3.63, 3.8) is 0 Å². The van der Waals surface area contributed by atoms with Gasteiger partial charge in [-0.15, -0.1) is 0 Å². The van der Waals surface area contributed by atoms with E-state index < -0.39 is 11.8 Å². The summed E-state index contributed by atoms with van der Waals surface area (Å²) in [7, 11) is 0. The van der Waals surface area contributed by atoms with Gasteiger partial charge in [0.25, 0.3) is 0 Å². The lowest BCUT2D eigenvalue weighted by molar-refractivity contribution is 0.0696. The fourth-order valence-electron chi connectivity index (χ4n) is 1.95. The lowest BCUT2D eigenvalue weighted by Gasteiger charge is -2.28. The van der Waals surface area contributed by atoms with E-state index in [0.29, 0.717) is 24.1 Å². The van der Waals surface area contributed by atoms with Crippen molar-refractivity contribution >= 4 is 5.97 Å². The molecule has 0 amide bonds. The van der Waals surface area contributed by atoms with E-state index in [9.17, 15) is 9.18 Å². The van der Waals surface area contributed by atoms with Gasteiger partial charge in [0, 0.05) is 24.7 Å². The van der Waals surface area contributed by atoms with Gasteiger partial charge in [-0.1, -0.05) is 19.9 Å². The van der Waals surface area contributed by atoms with Gasteiger partial charge in [0.05, 0.1) is 5.56 Å². The van der Waals surface area contributed by atoms with Crippen molar-refractivity contribution in [1.29, 1.82) is 0 Å². The quantitative estimate of drug-likeness (QED) is 0.859. The molecular formula is C15H22FNO2. The van der Waals surface area contributed by atoms with Crippen LogP contribution in [0.3, 0.4) is 0 Å². The fraction of sp³-hybridized carbons (Fsp3) is 0.533. The minimum absolute atomic E-state index is 0.0128. The summed E-state index contributed by atoms with van der Waals surface area (Å²) in [6.07, 6.45) is 0. The molecule has 1 aromatic rings. The highest BCUT2D eigenvalue weighted by atomic mass is 19.1. The summed E-state index contributed by atoms with van der Waals surface area (Å²) in [5.74, 6) is -1.05. The van der Waals surface area contributed by atoms with Gasteiger partial charge >= 0.3 is 5.97 Å². The van der Waals surface area contributed by atoms with Crippen LogP contribution in [-0.2, 0) is 6.54 Å². The van der Waals surface area contributed by atoms with Gasteiger partial charge in [-0.05, 0) is 31.9 Å². The van der Waals surface area contributed by atoms with E-state index in [1.54, 1.807) is 6.07 Å². The Bertz CT molecular complexity index is 444. The smallest absolute Gasteiger partial charge is 0.335 e. The maximum atomic E-state index is 13.9. The van der Waals surface area contributed by atoms with Crippen molar-refractivity contribution in [2.45, 2.75) is 40.3 Å². The Kier molecular flexibility index (Phi) is 5.48. The second-order valence-corrected chi connectivity index (χ2v) is 5.53. The average molecular weight is 267 g/mol. The van der Waals surface area contributed by atoms with Gasteiger partial charge in [0.2, 0.25) is 0 Å². The van der Waals surface area contributed by atoms with Crippen molar-refractivity contribution < 1.29 is 14.3 Å². The largest absolute Gasteiger partial charge is 0.478 e. The first-order valence-electron chi connectivity index (χ1n) is 6.57. The molecule has 0 radical (unpaired) electrons. The van der Waals surface area contributed by atoms with Crippen LogP contribution < -0.4 is 0 Å². The van der Waals surface area contributed by atoms with Gasteiger partial charge in [-0.2, -0.15) is 0 Å². The Morgan fingerprint density at radius 2 is 1.95 bits per heavy atom. The molecule has 1 rings (SSSR count). The predicted octanol–water partition coefficient (Wildman–Crippen LogP) is 3.39. The van der Waals surface area contributed by atoms with Crippen LogP contribution in [0.5, 0.6) is 0 Å². The molecule has 3 nitrogen and oxygen atoms in total. The number of hydrogen-bond donors (Lipinski definition) is 1. The fourth-order valence-corrected chi connectivity index (χ4v) is 1.95. The number of carboxylic acids is 1. The molecule has 0 atom stereocenters. The summed E-state index contributed by atoms with van der Waals surface area (Å²) in [5, 5.41) is 8.81. The topological polar surface area (TPSA) is 40.5 Å². The van der Waals surface area contributed by atoms with Gasteiger partial charge in [-0.3, -0.25) is 4.90 Å². The second kappa shape index (κ2) is 6.66. The number of hydrogen-bond acceptors (Lipinski definition) is 2. The molecule has 0 aliphatic carbocycles. The molecule has 0 heterocycles. The normalized spacial score (nSPS) is 11.6. The zero-order chi connectivity index (χ0) is 14.6. The molecule has 4 heteroatoms. The number of nitrogens with zero attached hydrogens (tertiary/aromatic N) is 1. The lowest BCUT2D eigenvalue weighted by Crippen LogP contribution is -2.33. The molecule has 106 valence electrons. The van der Waals surface area contributed by atoms with Crippen LogP contribution in [0, 0.1) is 11.7 Å². The van der Waals surface area contributed by atoms with Crippen LogP contribution in [0.2, 0.25) is 0 Å². The minimum atomic E-state index is -1.10. The molecule has 0 saturated heterocycles. The summed E-state index contributed by atoms with van der Waals surface area (Å²) < 4.78 is 13.9. The van der Waals surface area contributed by atoms with Crippen LogP contribution in [0.1, 0.15) is 43.6 Å². The van der Waals surface area contributed by atoms with Crippen molar-refractivity contribution in [1.82, 2.24) is 4.90 Å². The third-order valence-electron chi connectivity index (χ3n) is 3.00. The van der Waals surface area contributed by atoms with E-state index in [1.165, 1.54) is 6.07 Å². The molecule has 0 aliphatic heterocycles. The highest BCUT2D eigenvalue weighted by molar-refractivity contribution is 5.87. The van der Waals surface area contributed by atoms with Crippen LogP contribution in [0.15, 0.2) is 18.2 Å². The minimum Gasteiger partial charge on any atom is -0.478 e. The van der Waals surface area contributed by atoms with Crippen LogP contribution in [0.25, 0.3) is 0 Å². The molecule has 0 spiro atoms. The Hall–Kier alpha value is -1.42. The highest BCUT2D eigenvalue weighted by Crippen LogP contribution is 2.16. The van der Waals surface area contributed by atoms with E-state index in [1.807, 2.05) is 0 Å². The molecule has 1 N–H and O–H groups in total. The van der Waals surface area contributed by atoms with Crippen LogP contribution >= 0.6 is 0 Å². The lowest BCUT2D eigenvalue weighted by atomic mass is 10.1. The Morgan fingerprint density at radius 3 is 2.37 bits per heavy atom. The number of benzene rings is 1. The maximum absolute atomic E-state index is 13.9. The molecule has 0 bridgehead atoms. The first-order chi connectivity index (χ1) is 8.81. The molecule has 1 aromatic carbocycles. The zero-order valence-corrected chi connectivity index (χ0v) is 12.0. The zero-order valence-electron chi connectivity index (χ0n) is 12.0. The van der Waals surface area contributed by atoms with Crippen molar-refractivity contribution in [3.05, 3.63) is 35.1 Å². The number of carboxylic acid groups (broad SMARTS) is 1. The van der Waals surface area contributed by atoms with E-state index in [2.05, 4.69) is 32.6 Å². The van der Waals surface area contributed by atoms with Crippen molar-refractivity contribution in [2.75, 3.05) is 6.54 Å². The second-order valence-electron chi connectivity index (χ2n) is 5.53. The number of aromatic carboxylic acids is 1. The third kappa shape index (κ3) is 4.63. The standard InChI is InChI=1S/C15H22FNO2/c1-10(2)8-17(11(3)4)9-13-6-5-12(15(18)19)7-14(13)16/h5-7,10-11H,8-9H2,1-4H3,(H,18,19). The first-order valence-corrected chi connectivity index (χ1v) is 6.57. The molecule has 0 fully saturated rings.